The van der Waals surface area contributed by atoms with E-state index in [0.29, 0.717) is 0 Å². The van der Waals surface area contributed by atoms with Crippen LogP contribution in [-0.4, -0.2) is 117 Å². The zero-order chi connectivity index (χ0) is 32.0. The topological polar surface area (TPSA) is 328 Å². The van der Waals surface area contributed by atoms with Crippen molar-refractivity contribution >= 4 is 38.5 Å². The first kappa shape index (κ1) is 32.5. The maximum Gasteiger partial charge on any atom is 0.481 e. The number of carbonyl (C=O) groups is 1. The number of aliphatic hydroxyl groups is 4. The van der Waals surface area contributed by atoms with Crippen molar-refractivity contribution in [3.63, 3.8) is 0 Å². The monoisotopic (exact) mass is 665 g/mol. The number of phosphoric ester groups is 2. The van der Waals surface area contributed by atoms with Gasteiger partial charge < -0.3 is 61.0 Å². The number of ether oxygens (including phenoxy) is 2. The molecule has 0 spiro atoms. The van der Waals surface area contributed by atoms with Gasteiger partial charge in [-0.15, -0.1) is 0 Å². The van der Waals surface area contributed by atoms with Crippen molar-refractivity contribution in [2.24, 2.45) is 5.73 Å². The lowest BCUT2D eigenvalue weighted by Gasteiger charge is -2.28. The van der Waals surface area contributed by atoms with E-state index in [2.05, 4.69) is 28.8 Å². The molecule has 0 radical (unpaired) electrons. The Labute approximate surface area is 246 Å². The number of amides is 1. The van der Waals surface area contributed by atoms with Gasteiger partial charge >= 0.3 is 15.6 Å². The average molecular weight is 665 g/mol. The summed E-state index contributed by atoms with van der Waals surface area (Å²) in [7, 11) is -10.7. The number of H-pyrrole nitrogens is 1. The molecule has 2 unspecified atom stereocenters. The zero-order valence-corrected chi connectivity index (χ0v) is 24.1. The van der Waals surface area contributed by atoms with Gasteiger partial charge in [-0.05, 0) is 6.42 Å². The number of aromatic amines is 1. The quantitative estimate of drug-likeness (QED) is 0.111. The van der Waals surface area contributed by atoms with Gasteiger partial charge in [0.1, 0.15) is 60.4 Å². The molecule has 2 fully saturated rings. The van der Waals surface area contributed by atoms with Gasteiger partial charge in [0.25, 0.3) is 0 Å². The molecule has 0 saturated carbocycles. The Bertz CT molecular complexity index is 1560. The van der Waals surface area contributed by atoms with Crippen LogP contribution in [0, 0.1) is 0 Å². The molecule has 2 saturated heterocycles. The number of nitrogen functional groups attached to an aromatic ring is 1. The molecular formula is C21H29N7O14P2. The van der Waals surface area contributed by atoms with Crippen LogP contribution in [0.25, 0.3) is 11.2 Å². The average Bonchev–Trinajstić information content (AvgIpc) is 3.61. The molecule has 242 valence electrons. The molecule has 10 atom stereocenters. The second-order valence-electron chi connectivity index (χ2n) is 9.87. The largest absolute Gasteiger partial charge is 0.481 e. The summed E-state index contributed by atoms with van der Waals surface area (Å²) in [5.41, 5.74) is 11.6. The molecule has 2 aromatic heterocycles. The molecule has 0 aromatic carbocycles. The van der Waals surface area contributed by atoms with Crippen molar-refractivity contribution in [2.45, 2.75) is 55.4 Å². The molecule has 2 aromatic rings. The van der Waals surface area contributed by atoms with Crippen LogP contribution in [-0.2, 0) is 36.8 Å². The Morgan fingerprint density at radius 3 is 2.30 bits per heavy atom. The fraction of sp³-hybridized carbons (Fsp3) is 0.524. The summed E-state index contributed by atoms with van der Waals surface area (Å²) in [5.74, 6) is -0.628. The van der Waals surface area contributed by atoms with E-state index in [9.17, 15) is 44.1 Å². The fourth-order valence-corrected chi connectivity index (χ4v) is 6.73. The van der Waals surface area contributed by atoms with Crippen LogP contribution in [0.15, 0.2) is 30.4 Å². The maximum absolute atomic E-state index is 12.4. The lowest BCUT2D eigenvalue weighted by atomic mass is 10.1. The molecule has 44 heavy (non-hydrogen) atoms. The highest BCUT2D eigenvalue weighted by Crippen LogP contribution is 2.60. The Hall–Kier alpha value is -2.88. The second-order valence-corrected chi connectivity index (χ2v) is 12.9. The first-order chi connectivity index (χ1) is 20.7. The molecule has 23 heteroatoms. The summed E-state index contributed by atoms with van der Waals surface area (Å²) >= 11 is 0. The Kier molecular flexibility index (Phi) is 9.23. The van der Waals surface area contributed by atoms with Crippen LogP contribution in [0.2, 0.25) is 0 Å². The summed E-state index contributed by atoms with van der Waals surface area (Å²) in [6, 6.07) is 0. The summed E-state index contributed by atoms with van der Waals surface area (Å²) in [6.45, 7) is -1.79. The molecule has 1 amide bonds. The van der Waals surface area contributed by atoms with Crippen LogP contribution in [0.3, 0.4) is 0 Å². The molecule has 5 heterocycles. The number of carbonyl (C=O) groups excluding carboxylic acids is 1. The molecule has 0 bridgehead atoms. The van der Waals surface area contributed by atoms with Gasteiger partial charge in [-0.2, -0.15) is 4.31 Å². The van der Waals surface area contributed by atoms with E-state index in [1.807, 2.05) is 0 Å². The van der Waals surface area contributed by atoms with Crippen LogP contribution in [0.1, 0.15) is 18.3 Å². The number of rotatable bonds is 11. The van der Waals surface area contributed by atoms with E-state index < -0.39 is 83.7 Å². The van der Waals surface area contributed by atoms with Crippen LogP contribution < -0.4 is 11.5 Å². The molecule has 5 rings (SSSR count). The van der Waals surface area contributed by atoms with E-state index in [4.69, 9.17) is 25.5 Å². The van der Waals surface area contributed by atoms with Crippen molar-refractivity contribution in [3.05, 3.63) is 36.2 Å². The number of aliphatic hydroxyl groups excluding tert-OH is 4. The number of nitrogens with zero attached hydrogens (tertiary/aromatic N) is 4. The lowest BCUT2D eigenvalue weighted by molar-refractivity contribution is -0.115. The predicted molar refractivity (Wildman–Crippen MR) is 142 cm³/mol. The number of primary amides is 1. The number of fused-ring (bicyclic) bond motifs is 1. The fourth-order valence-electron chi connectivity index (χ4n) is 4.64. The Morgan fingerprint density at radius 2 is 1.66 bits per heavy atom. The summed E-state index contributed by atoms with van der Waals surface area (Å²) in [5, 5.41) is 41.5. The molecule has 3 aliphatic rings. The van der Waals surface area contributed by atoms with E-state index in [-0.39, 0.29) is 34.8 Å². The van der Waals surface area contributed by atoms with Gasteiger partial charge in [0.2, 0.25) is 5.91 Å². The third-order valence-corrected chi connectivity index (χ3v) is 9.45. The van der Waals surface area contributed by atoms with Gasteiger partial charge in [0.05, 0.1) is 13.2 Å². The van der Waals surface area contributed by atoms with Gasteiger partial charge in [0, 0.05) is 18.0 Å². The van der Waals surface area contributed by atoms with Crippen molar-refractivity contribution in [3.8, 4) is 0 Å². The van der Waals surface area contributed by atoms with Gasteiger partial charge in [0.15, 0.2) is 17.7 Å². The number of anilines is 1. The minimum atomic E-state index is -5.36. The van der Waals surface area contributed by atoms with E-state index in [1.54, 1.807) is 6.08 Å². The number of nitrogens with two attached hydrogens (primary N) is 2. The van der Waals surface area contributed by atoms with Crippen LogP contribution >= 0.6 is 15.6 Å². The number of aromatic nitrogens is 4. The minimum Gasteiger partial charge on any atom is -0.387 e. The first-order valence-corrected chi connectivity index (χ1v) is 15.7. The van der Waals surface area contributed by atoms with Crippen LogP contribution in [0.5, 0.6) is 0 Å². The smallest absolute Gasteiger partial charge is 0.387 e. The highest BCUT2D eigenvalue weighted by atomic mass is 31.3. The number of allylic oxidation sites excluding steroid dienone is 1. The lowest BCUT2D eigenvalue weighted by Crippen LogP contribution is -2.40. The molecular weight excluding hydrogens is 636 g/mol. The summed E-state index contributed by atoms with van der Waals surface area (Å²) in [6.07, 6.45) is -6.08. The first-order valence-electron chi connectivity index (χ1n) is 12.8. The van der Waals surface area contributed by atoms with Crippen molar-refractivity contribution < 1.29 is 67.0 Å². The highest BCUT2D eigenvalue weighted by molar-refractivity contribution is 7.61. The second kappa shape index (κ2) is 12.5. The number of hydrogen-bond donors (Lipinski definition) is 9. The van der Waals surface area contributed by atoms with Crippen molar-refractivity contribution in [1.82, 2.24) is 24.8 Å². The Morgan fingerprint density at radius 1 is 1.02 bits per heavy atom. The number of nitrogens with one attached hydrogen (secondary N) is 1. The number of imidazole rings is 1. The van der Waals surface area contributed by atoms with Gasteiger partial charge in [-0.25, -0.2) is 24.1 Å². The third kappa shape index (κ3) is 6.85. The highest BCUT2D eigenvalue weighted by Gasteiger charge is 2.48. The predicted octanol–water partition coefficient (Wildman–Crippen LogP) is -2.62. The number of hydrogen-bond acceptors (Lipinski definition) is 17. The van der Waals surface area contributed by atoms with E-state index in [1.165, 1.54) is 17.3 Å². The molecule has 0 aliphatic carbocycles. The summed E-state index contributed by atoms with van der Waals surface area (Å²) < 4.78 is 49.5. The standard InChI is InChI=1S/C21H29N7O14P2/c22-17-11-19(25-7-24-17)27-20(26-11)16-14(31)12(29)9(40-16)5-38-43(34,35)42-44(36,37)39-6-10-13(30)15(32)21(41-10)28-3-1-2-8(4-28)18(23)33/h1,3-4,7,9-10,12-16,21,29-32H,2,5-6H2,(H2,23,33)(H,34,35)(H,36,37)(H3,22,24,25,26,27)/t9-,10-,12-,13-,14-,15-,16-,21-/m1/s1. The third-order valence-electron chi connectivity index (χ3n) is 6.85. The van der Waals surface area contributed by atoms with Gasteiger partial charge in [-0.3, -0.25) is 13.8 Å². The Balaban J connectivity index is 1.14. The number of phosphoric acid groups is 2. The molecule has 21 nitrogen and oxygen atoms in total. The van der Waals surface area contributed by atoms with E-state index >= 15 is 0 Å². The minimum absolute atomic E-state index is 0.0160. The molecule has 11 N–H and O–H groups in total. The van der Waals surface area contributed by atoms with E-state index in [0.717, 1.165) is 6.33 Å². The van der Waals surface area contributed by atoms with Crippen molar-refractivity contribution in [2.75, 3.05) is 18.9 Å². The SMILES string of the molecule is NC(=O)C1=CN([C@@H]2O[C@H](COP(=O)(O)OP(=O)(O)OC[C@H]3O[C@@H](c4nc5ncnc(N)c5[nH]4)[C@H](O)[C@@H]3O)[C@@H](O)[C@H]2O)C=CC1. The van der Waals surface area contributed by atoms with Crippen molar-refractivity contribution in [1.29, 1.82) is 0 Å². The normalized spacial score (nSPS) is 33.3. The maximum atomic E-state index is 12.4. The molecule has 3 aliphatic heterocycles. The zero-order valence-electron chi connectivity index (χ0n) is 22.3. The van der Waals surface area contributed by atoms with Gasteiger partial charge in [-0.1, -0.05) is 6.08 Å². The van der Waals surface area contributed by atoms with Crippen LogP contribution in [0.4, 0.5) is 5.82 Å². The summed E-state index contributed by atoms with van der Waals surface area (Å²) in [4.78, 5) is 47.4.